The highest BCUT2D eigenvalue weighted by Crippen LogP contribution is 2.42. The summed E-state index contributed by atoms with van der Waals surface area (Å²) in [6, 6.07) is 6.80. The van der Waals surface area contributed by atoms with Crippen molar-refractivity contribution in [2.24, 2.45) is 11.7 Å². The number of hydrogen-bond donors (Lipinski definition) is 3. The lowest BCUT2D eigenvalue weighted by Crippen LogP contribution is -2.44. The van der Waals surface area contributed by atoms with E-state index in [2.05, 4.69) is 0 Å². The lowest BCUT2D eigenvalue weighted by molar-refractivity contribution is -0.172. The Bertz CT molecular complexity index is 1440. The number of esters is 1. The number of aliphatic hydroxyl groups is 1. The summed E-state index contributed by atoms with van der Waals surface area (Å²) in [5.74, 6) is -0.258. The molecule has 2 unspecified atom stereocenters. The first-order valence-corrected chi connectivity index (χ1v) is 12.4. The molecule has 8 nitrogen and oxygen atoms in total. The average Bonchev–Trinajstić information content (AvgIpc) is 3.23. The molecule has 4 heterocycles. The Morgan fingerprint density at radius 3 is 2.74 bits per heavy atom. The fourth-order valence-corrected chi connectivity index (χ4v) is 6.14. The van der Waals surface area contributed by atoms with E-state index in [1.165, 1.54) is 6.42 Å². The van der Waals surface area contributed by atoms with Crippen molar-refractivity contribution in [1.82, 2.24) is 9.55 Å². The third kappa shape index (κ3) is 3.16. The van der Waals surface area contributed by atoms with Gasteiger partial charge >= 0.3 is 5.97 Å². The van der Waals surface area contributed by atoms with Gasteiger partial charge in [0.1, 0.15) is 12.4 Å². The molecule has 0 bridgehead atoms. The molecule has 8 heteroatoms. The van der Waals surface area contributed by atoms with Gasteiger partial charge in [0.2, 0.25) is 0 Å². The number of phenolic OH excluding ortho intramolecular Hbond substituents is 1. The van der Waals surface area contributed by atoms with Crippen LogP contribution in [-0.4, -0.2) is 25.7 Å². The van der Waals surface area contributed by atoms with Gasteiger partial charge in [0.15, 0.2) is 5.60 Å². The van der Waals surface area contributed by atoms with Crippen LogP contribution in [0.5, 0.6) is 5.75 Å². The highest BCUT2D eigenvalue weighted by molar-refractivity contribution is 5.89. The van der Waals surface area contributed by atoms with E-state index in [4.69, 9.17) is 15.5 Å². The van der Waals surface area contributed by atoms with Crippen LogP contribution >= 0.6 is 0 Å². The molecule has 35 heavy (non-hydrogen) atoms. The number of hydrogen-bond acceptors (Lipinski definition) is 7. The number of cyclic esters (lactones) is 1. The van der Waals surface area contributed by atoms with Crippen LogP contribution in [0.2, 0.25) is 0 Å². The van der Waals surface area contributed by atoms with E-state index in [9.17, 15) is 19.8 Å². The lowest BCUT2D eigenvalue weighted by Gasteiger charge is -2.31. The van der Waals surface area contributed by atoms with Crippen LogP contribution in [-0.2, 0) is 28.3 Å². The zero-order valence-electron chi connectivity index (χ0n) is 19.7. The van der Waals surface area contributed by atoms with E-state index in [0.717, 1.165) is 36.6 Å². The fraction of sp³-hybridized carbons (Fsp3) is 0.444. The first kappa shape index (κ1) is 22.2. The molecular weight excluding hydrogens is 446 g/mol. The van der Waals surface area contributed by atoms with Gasteiger partial charge in [-0.25, -0.2) is 9.78 Å². The minimum Gasteiger partial charge on any atom is -0.508 e. The van der Waals surface area contributed by atoms with Gasteiger partial charge in [-0.2, -0.15) is 0 Å². The van der Waals surface area contributed by atoms with Crippen LogP contribution < -0.4 is 11.3 Å². The van der Waals surface area contributed by atoms with Gasteiger partial charge in [-0.1, -0.05) is 26.2 Å². The molecule has 0 saturated heterocycles. The molecule has 1 fully saturated rings. The number of nitrogens with two attached hydrogens (primary N) is 1. The van der Waals surface area contributed by atoms with Crippen molar-refractivity contribution < 1.29 is 19.7 Å². The predicted molar refractivity (Wildman–Crippen MR) is 130 cm³/mol. The maximum atomic E-state index is 13.4. The summed E-state index contributed by atoms with van der Waals surface area (Å²) in [7, 11) is 0. The van der Waals surface area contributed by atoms with Crippen molar-refractivity contribution in [1.29, 1.82) is 0 Å². The number of aromatic nitrogens is 2. The fourth-order valence-electron chi connectivity index (χ4n) is 6.14. The molecule has 1 saturated carbocycles. The first-order chi connectivity index (χ1) is 16.8. The lowest BCUT2D eigenvalue weighted by atomic mass is 9.80. The SMILES string of the molecule is CCC1(O)C(=O)OCc2c1cc1n(c2=O)Cc2cc3c(C(N)C4CCCCC4)c(O)ccc3nc2-1. The zero-order chi connectivity index (χ0) is 24.5. The van der Waals surface area contributed by atoms with Gasteiger partial charge in [0, 0.05) is 28.1 Å². The molecular formula is C27H29N3O5. The Labute approximate surface area is 202 Å². The number of carbonyl (C=O) groups is 1. The molecule has 2 aliphatic heterocycles. The molecule has 4 N–H and O–H groups in total. The van der Waals surface area contributed by atoms with Gasteiger partial charge in [-0.05, 0) is 49.4 Å². The number of ether oxygens (including phenoxy) is 1. The van der Waals surface area contributed by atoms with E-state index in [1.807, 2.05) is 6.07 Å². The molecule has 182 valence electrons. The van der Waals surface area contributed by atoms with Gasteiger partial charge < -0.3 is 25.3 Å². The normalized spacial score (nSPS) is 22.4. The molecule has 0 amide bonds. The van der Waals surface area contributed by atoms with E-state index in [-0.39, 0.29) is 30.4 Å². The monoisotopic (exact) mass is 475 g/mol. The number of fused-ring (bicyclic) bond motifs is 5. The van der Waals surface area contributed by atoms with Gasteiger partial charge in [-0.3, -0.25) is 4.79 Å². The number of carbonyl (C=O) groups excluding carboxylic acids is 1. The van der Waals surface area contributed by atoms with Crippen molar-refractivity contribution in [3.05, 3.63) is 56.9 Å². The Kier molecular flexibility index (Phi) is 5.02. The Hall–Kier alpha value is -3.23. The molecule has 6 rings (SSSR count). The third-order valence-corrected chi connectivity index (χ3v) is 8.20. The number of rotatable bonds is 3. The zero-order valence-corrected chi connectivity index (χ0v) is 19.7. The van der Waals surface area contributed by atoms with Crippen LogP contribution in [0.1, 0.15) is 73.7 Å². The summed E-state index contributed by atoms with van der Waals surface area (Å²) < 4.78 is 6.76. The number of pyridine rings is 2. The maximum absolute atomic E-state index is 13.4. The second-order valence-corrected chi connectivity index (χ2v) is 10.1. The average molecular weight is 476 g/mol. The quantitative estimate of drug-likeness (QED) is 0.388. The Balaban J connectivity index is 1.52. The maximum Gasteiger partial charge on any atom is 0.343 e. The highest BCUT2D eigenvalue weighted by atomic mass is 16.6. The van der Waals surface area contributed by atoms with Gasteiger partial charge in [0.05, 0.1) is 29.0 Å². The molecule has 2 atom stereocenters. The summed E-state index contributed by atoms with van der Waals surface area (Å²) in [6.07, 6.45) is 5.71. The van der Waals surface area contributed by atoms with E-state index < -0.39 is 11.6 Å². The minimum absolute atomic E-state index is 0.0986. The standard InChI is InChI=1S/C27H29N3O5/c1-2-27(34)18-11-20-24-15(12-30(20)25(32)17(18)13-35-26(27)33)10-16-19(29-24)8-9-21(31)22(16)23(28)14-6-4-3-5-7-14/h8-11,14,23,31,34H,2-7,12-13,28H2,1H3. The van der Waals surface area contributed by atoms with Crippen molar-refractivity contribution in [2.75, 3.05) is 0 Å². The van der Waals surface area contributed by atoms with E-state index in [1.54, 1.807) is 29.7 Å². The largest absolute Gasteiger partial charge is 0.508 e. The Morgan fingerprint density at radius 2 is 2.00 bits per heavy atom. The predicted octanol–water partition coefficient (Wildman–Crippen LogP) is 3.37. The van der Waals surface area contributed by atoms with Crippen molar-refractivity contribution >= 4 is 16.9 Å². The summed E-state index contributed by atoms with van der Waals surface area (Å²) in [5, 5.41) is 22.6. The number of aromatic hydroxyl groups is 1. The number of nitrogens with zero attached hydrogens (tertiary/aromatic N) is 2. The summed E-state index contributed by atoms with van der Waals surface area (Å²) in [4.78, 5) is 30.6. The highest BCUT2D eigenvalue weighted by Gasteiger charge is 2.45. The topological polar surface area (TPSA) is 128 Å². The van der Waals surface area contributed by atoms with Gasteiger partial charge in [-0.15, -0.1) is 0 Å². The first-order valence-electron chi connectivity index (χ1n) is 12.4. The second kappa shape index (κ2) is 7.90. The van der Waals surface area contributed by atoms with Gasteiger partial charge in [0.25, 0.3) is 5.56 Å². The van der Waals surface area contributed by atoms with Crippen molar-refractivity contribution in [3.8, 4) is 17.1 Å². The Morgan fingerprint density at radius 1 is 1.23 bits per heavy atom. The van der Waals surface area contributed by atoms with E-state index >= 15 is 0 Å². The van der Waals surface area contributed by atoms with Crippen LogP contribution in [0, 0.1) is 5.92 Å². The molecule has 1 aromatic carbocycles. The minimum atomic E-state index is -1.85. The molecule has 0 radical (unpaired) electrons. The smallest absolute Gasteiger partial charge is 0.343 e. The third-order valence-electron chi connectivity index (χ3n) is 8.20. The summed E-state index contributed by atoms with van der Waals surface area (Å²) >= 11 is 0. The van der Waals surface area contributed by atoms with Crippen LogP contribution in [0.25, 0.3) is 22.3 Å². The van der Waals surface area contributed by atoms with Crippen LogP contribution in [0.3, 0.4) is 0 Å². The van der Waals surface area contributed by atoms with Crippen LogP contribution in [0.4, 0.5) is 0 Å². The van der Waals surface area contributed by atoms with Crippen molar-refractivity contribution in [2.45, 2.75) is 70.2 Å². The molecule has 1 aliphatic carbocycles. The molecule has 3 aromatic rings. The summed E-state index contributed by atoms with van der Waals surface area (Å²) in [6.45, 7) is 1.84. The molecule has 3 aliphatic rings. The molecule has 0 spiro atoms. The van der Waals surface area contributed by atoms with Crippen LogP contribution in [0.15, 0.2) is 29.1 Å². The molecule has 2 aromatic heterocycles. The van der Waals surface area contributed by atoms with Crippen molar-refractivity contribution in [3.63, 3.8) is 0 Å². The number of benzene rings is 1. The second-order valence-electron chi connectivity index (χ2n) is 10.1. The summed E-state index contributed by atoms with van der Waals surface area (Å²) in [5.41, 5.74) is 8.61. The number of phenols is 1. The van der Waals surface area contributed by atoms with E-state index in [0.29, 0.717) is 46.1 Å².